The number of hydrogen-bond donors (Lipinski definition) is 0. The van der Waals surface area contributed by atoms with Crippen LogP contribution in [0.15, 0.2) is 11.6 Å². The van der Waals surface area contributed by atoms with Gasteiger partial charge in [0.05, 0.1) is 18.6 Å². The Morgan fingerprint density at radius 3 is 2.62 bits per heavy atom. The van der Waals surface area contributed by atoms with Crippen LogP contribution in [0.1, 0.15) is 52.9 Å². The molecule has 1 unspecified atom stereocenters. The average molecular weight is 481 g/mol. The number of methoxy groups -OCH3 is 1. The molecule has 7 nitrogen and oxygen atoms in total. The molecule has 5 rings (SSSR count). The maximum atomic E-state index is 13.4. The third-order valence-corrected chi connectivity index (χ3v) is 8.77. The molecule has 4 heterocycles. The summed E-state index contributed by atoms with van der Waals surface area (Å²) in [5.41, 5.74) is 0.743. The summed E-state index contributed by atoms with van der Waals surface area (Å²) >= 11 is 0. The Kier molecular flexibility index (Phi) is 6.72. The molecule has 1 amide bonds. The molecule has 0 aromatic carbocycles. The van der Waals surface area contributed by atoms with Crippen molar-refractivity contribution < 1.29 is 28.1 Å². The molecule has 4 aliphatic heterocycles. The number of halogens is 1. The lowest BCUT2D eigenvalue weighted by molar-refractivity contribution is -0.124. The van der Waals surface area contributed by atoms with Gasteiger partial charge in [-0.15, -0.1) is 0 Å². The summed E-state index contributed by atoms with van der Waals surface area (Å²) in [7, 11) is 1.71. The van der Waals surface area contributed by atoms with Gasteiger partial charge in [-0.05, 0) is 65.3 Å². The fourth-order valence-corrected chi connectivity index (χ4v) is 6.53. The molecule has 0 radical (unpaired) electrons. The summed E-state index contributed by atoms with van der Waals surface area (Å²) in [5, 5.41) is 0. The van der Waals surface area contributed by atoms with Crippen LogP contribution in [0.4, 0.5) is 9.18 Å². The summed E-state index contributed by atoms with van der Waals surface area (Å²) in [6, 6.07) is 0. The SMILES string of the molecule is CO[C@H]1C([C@@]2(C)O[C@@H]2CC=C(C)C)[C@]2(CC[C@H]1OC(=O)N1CC(CCN3CC[C@H](F)C3)C1)CO2. The Morgan fingerprint density at radius 1 is 1.24 bits per heavy atom. The molecule has 8 heteroatoms. The zero-order chi connectivity index (χ0) is 24.1. The van der Waals surface area contributed by atoms with Gasteiger partial charge in [0.15, 0.2) is 0 Å². The number of rotatable bonds is 8. The number of carbonyl (C=O) groups is 1. The number of amides is 1. The van der Waals surface area contributed by atoms with Crippen LogP contribution >= 0.6 is 0 Å². The minimum Gasteiger partial charge on any atom is -0.443 e. The molecule has 7 atom stereocenters. The van der Waals surface area contributed by atoms with Crippen molar-refractivity contribution in [3.05, 3.63) is 11.6 Å². The highest BCUT2D eigenvalue weighted by molar-refractivity contribution is 5.69. The minimum atomic E-state index is -0.674. The summed E-state index contributed by atoms with van der Waals surface area (Å²) in [5.74, 6) is 0.511. The second-order valence-corrected chi connectivity index (χ2v) is 11.5. The maximum Gasteiger partial charge on any atom is 0.410 e. The van der Waals surface area contributed by atoms with Gasteiger partial charge in [0.25, 0.3) is 0 Å². The van der Waals surface area contributed by atoms with Gasteiger partial charge in [-0.2, -0.15) is 0 Å². The lowest BCUT2D eigenvalue weighted by atomic mass is 9.68. The smallest absolute Gasteiger partial charge is 0.410 e. The maximum absolute atomic E-state index is 13.4. The number of nitrogens with zero attached hydrogens (tertiary/aromatic N) is 2. The third-order valence-electron chi connectivity index (χ3n) is 8.77. The number of ether oxygens (including phenoxy) is 4. The zero-order valence-corrected chi connectivity index (χ0v) is 21.1. The topological polar surface area (TPSA) is 67.1 Å². The number of likely N-dealkylation sites (tertiary alicyclic amines) is 2. The van der Waals surface area contributed by atoms with Crippen LogP contribution in [0.2, 0.25) is 0 Å². The molecule has 0 aromatic rings. The molecule has 0 N–H and O–H groups in total. The first-order valence-corrected chi connectivity index (χ1v) is 13.0. The molecule has 1 saturated carbocycles. The second kappa shape index (κ2) is 9.34. The van der Waals surface area contributed by atoms with Crippen LogP contribution in [0, 0.1) is 11.8 Å². The van der Waals surface area contributed by atoms with Crippen molar-refractivity contribution in [1.82, 2.24) is 9.80 Å². The van der Waals surface area contributed by atoms with Gasteiger partial charge in [-0.25, -0.2) is 9.18 Å². The first-order chi connectivity index (χ1) is 16.2. The van der Waals surface area contributed by atoms with Gasteiger partial charge in [0.2, 0.25) is 0 Å². The number of carbonyl (C=O) groups excluding carboxylic acids is 1. The van der Waals surface area contributed by atoms with Gasteiger partial charge in [0, 0.05) is 33.3 Å². The van der Waals surface area contributed by atoms with Crippen LogP contribution in [0.3, 0.4) is 0 Å². The van der Waals surface area contributed by atoms with E-state index in [9.17, 15) is 9.18 Å². The summed E-state index contributed by atoms with van der Waals surface area (Å²) in [6.07, 6.45) is 5.03. The molecule has 0 aromatic heterocycles. The highest BCUT2D eigenvalue weighted by atomic mass is 19.1. The zero-order valence-electron chi connectivity index (χ0n) is 21.1. The number of alkyl halides is 1. The number of epoxide rings is 2. The molecular weight excluding hydrogens is 439 g/mol. The van der Waals surface area contributed by atoms with Gasteiger partial charge in [-0.1, -0.05) is 11.6 Å². The van der Waals surface area contributed by atoms with E-state index in [1.54, 1.807) is 12.0 Å². The molecule has 5 fully saturated rings. The van der Waals surface area contributed by atoms with E-state index >= 15 is 0 Å². The Hall–Kier alpha value is -1.22. The summed E-state index contributed by atoms with van der Waals surface area (Å²) in [4.78, 5) is 16.9. The van der Waals surface area contributed by atoms with E-state index in [1.807, 2.05) is 0 Å². The van der Waals surface area contributed by atoms with Gasteiger partial charge < -0.3 is 28.7 Å². The van der Waals surface area contributed by atoms with Crippen molar-refractivity contribution in [3.63, 3.8) is 0 Å². The molecule has 1 spiro atoms. The number of allylic oxidation sites excluding steroid dienone is 1. The average Bonchev–Trinajstić information content (AvgIpc) is 3.63. The quantitative estimate of drug-likeness (QED) is 0.391. The number of hydrogen-bond acceptors (Lipinski definition) is 6. The van der Waals surface area contributed by atoms with Crippen molar-refractivity contribution in [2.24, 2.45) is 11.8 Å². The fourth-order valence-electron chi connectivity index (χ4n) is 6.53. The van der Waals surface area contributed by atoms with E-state index in [1.165, 1.54) is 5.57 Å². The van der Waals surface area contributed by atoms with Crippen molar-refractivity contribution in [2.75, 3.05) is 46.4 Å². The van der Waals surface area contributed by atoms with E-state index in [0.717, 1.165) is 58.5 Å². The largest absolute Gasteiger partial charge is 0.443 e. The highest BCUT2D eigenvalue weighted by Crippen LogP contribution is 2.59. The van der Waals surface area contributed by atoms with Crippen molar-refractivity contribution in [3.8, 4) is 0 Å². The highest BCUT2D eigenvalue weighted by Gasteiger charge is 2.72. The predicted octanol–water partition coefficient (Wildman–Crippen LogP) is 3.57. The normalized spacial score (nSPS) is 41.9. The lowest BCUT2D eigenvalue weighted by Crippen LogP contribution is -2.57. The van der Waals surface area contributed by atoms with E-state index in [0.29, 0.717) is 18.9 Å². The van der Waals surface area contributed by atoms with Crippen LogP contribution in [-0.2, 0) is 18.9 Å². The Balaban J connectivity index is 1.14. The molecule has 0 bridgehead atoms. The van der Waals surface area contributed by atoms with Crippen molar-refractivity contribution >= 4 is 6.09 Å². The molecule has 5 aliphatic rings. The lowest BCUT2D eigenvalue weighted by Gasteiger charge is -2.44. The molecule has 34 heavy (non-hydrogen) atoms. The Labute approximate surface area is 202 Å². The van der Waals surface area contributed by atoms with E-state index in [2.05, 4.69) is 31.7 Å². The van der Waals surface area contributed by atoms with E-state index < -0.39 is 6.17 Å². The van der Waals surface area contributed by atoms with Crippen molar-refractivity contribution in [2.45, 2.75) is 88.6 Å². The fraction of sp³-hybridized carbons (Fsp3) is 0.885. The van der Waals surface area contributed by atoms with Gasteiger partial charge in [0.1, 0.15) is 29.6 Å². The van der Waals surface area contributed by atoms with Crippen LogP contribution in [-0.4, -0.2) is 98.0 Å². The van der Waals surface area contributed by atoms with Crippen LogP contribution in [0.25, 0.3) is 0 Å². The second-order valence-electron chi connectivity index (χ2n) is 11.5. The standard InChI is InChI=1S/C26H41FN2O5/c1-17(2)5-6-21-25(3,34-21)23-22(31-4)20(7-10-26(23)16-32-26)33-24(30)29-13-18(14-29)8-11-28-12-9-19(27)15-28/h5,18-23H,6-16H2,1-4H3/t19-,20+,21+,22+,23?,25-,26-/m0/s1. The molecule has 1 aliphatic carbocycles. The molecule has 192 valence electrons. The predicted molar refractivity (Wildman–Crippen MR) is 125 cm³/mol. The summed E-state index contributed by atoms with van der Waals surface area (Å²) < 4.78 is 37.6. The molecule has 4 saturated heterocycles. The Morgan fingerprint density at radius 2 is 2.00 bits per heavy atom. The molecular formula is C26H41FN2O5. The van der Waals surface area contributed by atoms with Gasteiger partial charge in [-0.3, -0.25) is 0 Å². The monoisotopic (exact) mass is 480 g/mol. The summed E-state index contributed by atoms with van der Waals surface area (Å²) in [6.45, 7) is 10.9. The van der Waals surface area contributed by atoms with Crippen LogP contribution in [0.5, 0.6) is 0 Å². The van der Waals surface area contributed by atoms with E-state index in [-0.39, 0.29) is 41.5 Å². The van der Waals surface area contributed by atoms with Gasteiger partial charge >= 0.3 is 6.09 Å². The third kappa shape index (κ3) is 4.75. The first-order valence-electron chi connectivity index (χ1n) is 13.0. The first kappa shape index (κ1) is 24.5. The van der Waals surface area contributed by atoms with Crippen LogP contribution < -0.4 is 0 Å². The van der Waals surface area contributed by atoms with Crippen molar-refractivity contribution in [1.29, 1.82) is 0 Å². The van der Waals surface area contributed by atoms with E-state index in [4.69, 9.17) is 18.9 Å². The Bertz CT molecular complexity index is 794. The minimum absolute atomic E-state index is 0.0380.